The van der Waals surface area contributed by atoms with Crippen molar-refractivity contribution in [3.05, 3.63) is 58.7 Å². The number of hydrogen-bond donors (Lipinski definition) is 2. The molecule has 0 spiro atoms. The van der Waals surface area contributed by atoms with Gasteiger partial charge in [0.25, 0.3) is 15.9 Å². The zero-order chi connectivity index (χ0) is 20.8. The van der Waals surface area contributed by atoms with Crippen LogP contribution in [0.3, 0.4) is 0 Å². The number of carbonyl (C=O) groups excluding carboxylic acids is 1. The SMILES string of the molecule is Cc1ccc(NS(=O)(=O)c2cc(C(=O)N[C@@H]3C[C@H]4CC[C@H]3C4)ccc2C)c(C)c1. The van der Waals surface area contributed by atoms with Gasteiger partial charge in [-0.15, -0.1) is 0 Å². The molecule has 1 amide bonds. The van der Waals surface area contributed by atoms with Crippen LogP contribution in [0.4, 0.5) is 5.69 Å². The Bertz CT molecular complexity index is 1060. The first-order valence-electron chi connectivity index (χ1n) is 10.2. The number of nitrogens with one attached hydrogen (secondary N) is 2. The summed E-state index contributed by atoms with van der Waals surface area (Å²) in [5.41, 5.74) is 3.47. The molecule has 2 N–H and O–H groups in total. The standard InChI is InChI=1S/C23H28N2O3S/c1-14-4-9-20(16(3)10-14)25-29(27,28)22-13-19(7-5-15(22)2)23(26)24-21-12-17-6-8-18(21)11-17/h4-5,7,9-10,13,17-18,21,25H,6,8,11-12H2,1-3H3,(H,24,26)/t17-,18-,21+/m0/s1. The molecule has 6 heteroatoms. The van der Waals surface area contributed by atoms with E-state index in [0.29, 0.717) is 22.7 Å². The summed E-state index contributed by atoms with van der Waals surface area (Å²) in [4.78, 5) is 12.9. The van der Waals surface area contributed by atoms with Crippen LogP contribution >= 0.6 is 0 Å². The van der Waals surface area contributed by atoms with Crippen LogP contribution in [-0.4, -0.2) is 20.4 Å². The van der Waals surface area contributed by atoms with E-state index in [1.807, 2.05) is 26.0 Å². The van der Waals surface area contributed by atoms with Gasteiger partial charge in [0.05, 0.1) is 10.6 Å². The van der Waals surface area contributed by atoms with Gasteiger partial charge in [0.15, 0.2) is 0 Å². The van der Waals surface area contributed by atoms with Crippen LogP contribution in [0.5, 0.6) is 0 Å². The molecule has 0 aliphatic heterocycles. The van der Waals surface area contributed by atoms with Gasteiger partial charge in [0, 0.05) is 11.6 Å². The first-order valence-corrected chi connectivity index (χ1v) is 11.7. The number of benzene rings is 2. The lowest BCUT2D eigenvalue weighted by Crippen LogP contribution is -2.38. The minimum absolute atomic E-state index is 0.137. The van der Waals surface area contributed by atoms with Crippen LogP contribution in [0, 0.1) is 32.6 Å². The third-order valence-electron chi connectivity index (χ3n) is 6.42. The average Bonchev–Trinajstić information content (AvgIpc) is 3.27. The van der Waals surface area contributed by atoms with Crippen molar-refractivity contribution in [1.82, 2.24) is 5.32 Å². The quantitative estimate of drug-likeness (QED) is 0.767. The first-order chi connectivity index (χ1) is 13.7. The predicted octanol–water partition coefficient (Wildman–Crippen LogP) is 4.33. The lowest BCUT2D eigenvalue weighted by molar-refractivity contribution is 0.0922. The summed E-state index contributed by atoms with van der Waals surface area (Å²) in [7, 11) is -3.80. The molecule has 2 aliphatic carbocycles. The van der Waals surface area contributed by atoms with Gasteiger partial charge in [-0.3, -0.25) is 9.52 Å². The highest BCUT2D eigenvalue weighted by Gasteiger charge is 2.40. The van der Waals surface area contributed by atoms with E-state index in [0.717, 1.165) is 23.5 Å². The third kappa shape index (κ3) is 4.04. The predicted molar refractivity (Wildman–Crippen MR) is 115 cm³/mol. The fraction of sp³-hybridized carbons (Fsp3) is 0.435. The fourth-order valence-electron chi connectivity index (χ4n) is 4.83. The van der Waals surface area contributed by atoms with Gasteiger partial charge in [0.1, 0.15) is 0 Å². The minimum Gasteiger partial charge on any atom is -0.349 e. The Morgan fingerprint density at radius 2 is 1.76 bits per heavy atom. The maximum absolute atomic E-state index is 13.0. The van der Waals surface area contributed by atoms with Crippen LogP contribution < -0.4 is 10.0 Å². The van der Waals surface area contributed by atoms with Gasteiger partial charge in [-0.1, -0.05) is 30.2 Å². The number of aryl methyl sites for hydroxylation is 3. The van der Waals surface area contributed by atoms with Crippen molar-refractivity contribution < 1.29 is 13.2 Å². The van der Waals surface area contributed by atoms with E-state index in [2.05, 4.69) is 10.0 Å². The summed E-state index contributed by atoms with van der Waals surface area (Å²) in [6.45, 7) is 5.58. The molecular formula is C23H28N2O3S. The van der Waals surface area contributed by atoms with Crippen LogP contribution in [0.1, 0.15) is 52.7 Å². The second-order valence-corrected chi connectivity index (χ2v) is 10.3. The Balaban J connectivity index is 1.56. The van der Waals surface area contributed by atoms with Gasteiger partial charge in [-0.2, -0.15) is 0 Å². The Hall–Kier alpha value is -2.34. The summed E-state index contributed by atoms with van der Waals surface area (Å²) in [6, 6.07) is 10.7. The zero-order valence-corrected chi connectivity index (χ0v) is 18.0. The topological polar surface area (TPSA) is 75.3 Å². The van der Waals surface area contributed by atoms with Crippen molar-refractivity contribution in [3.63, 3.8) is 0 Å². The molecule has 2 aromatic carbocycles. The Morgan fingerprint density at radius 1 is 0.966 bits per heavy atom. The zero-order valence-electron chi connectivity index (χ0n) is 17.2. The molecule has 0 radical (unpaired) electrons. The van der Waals surface area contributed by atoms with Crippen LogP contribution in [-0.2, 0) is 10.0 Å². The smallest absolute Gasteiger partial charge is 0.262 e. The second-order valence-electron chi connectivity index (χ2n) is 8.66. The molecular weight excluding hydrogens is 384 g/mol. The number of rotatable bonds is 5. The molecule has 2 aromatic rings. The lowest BCUT2D eigenvalue weighted by atomic mass is 9.95. The van der Waals surface area contributed by atoms with E-state index in [1.165, 1.54) is 25.3 Å². The van der Waals surface area contributed by atoms with Crippen LogP contribution in [0.15, 0.2) is 41.3 Å². The Labute approximate surface area is 173 Å². The van der Waals surface area contributed by atoms with Crippen LogP contribution in [0.2, 0.25) is 0 Å². The van der Waals surface area contributed by atoms with E-state index in [9.17, 15) is 13.2 Å². The number of amides is 1. The molecule has 29 heavy (non-hydrogen) atoms. The normalized spacial score (nSPS) is 23.2. The van der Waals surface area contributed by atoms with Gasteiger partial charge in [-0.05, 0) is 81.2 Å². The van der Waals surface area contributed by atoms with Crippen molar-refractivity contribution in [1.29, 1.82) is 0 Å². The molecule has 4 rings (SSSR count). The summed E-state index contributed by atoms with van der Waals surface area (Å²) in [5, 5.41) is 3.14. The number of anilines is 1. The molecule has 154 valence electrons. The van der Waals surface area contributed by atoms with Crippen molar-refractivity contribution in [2.75, 3.05) is 4.72 Å². The maximum atomic E-state index is 13.0. The van der Waals surface area contributed by atoms with Crippen molar-refractivity contribution in [3.8, 4) is 0 Å². The number of fused-ring (bicyclic) bond motifs is 2. The third-order valence-corrected chi connectivity index (χ3v) is 7.93. The van der Waals surface area contributed by atoms with Gasteiger partial charge in [-0.25, -0.2) is 8.42 Å². The molecule has 2 fully saturated rings. The minimum atomic E-state index is -3.80. The van der Waals surface area contributed by atoms with Gasteiger partial charge < -0.3 is 5.32 Å². The highest BCUT2D eigenvalue weighted by Crippen LogP contribution is 2.44. The average molecular weight is 413 g/mol. The fourth-order valence-corrected chi connectivity index (χ4v) is 6.23. The molecule has 0 heterocycles. The molecule has 2 aliphatic rings. The second kappa shape index (κ2) is 7.48. The summed E-state index contributed by atoms with van der Waals surface area (Å²) in [6.07, 6.45) is 4.71. The van der Waals surface area contributed by atoms with E-state index in [-0.39, 0.29) is 16.8 Å². The Kier molecular flexibility index (Phi) is 5.15. The number of carbonyl (C=O) groups is 1. The molecule has 0 saturated heterocycles. The highest BCUT2D eigenvalue weighted by molar-refractivity contribution is 7.92. The van der Waals surface area contributed by atoms with E-state index in [4.69, 9.17) is 0 Å². The van der Waals surface area contributed by atoms with Crippen LogP contribution in [0.25, 0.3) is 0 Å². The van der Waals surface area contributed by atoms with E-state index in [1.54, 1.807) is 25.1 Å². The number of sulfonamides is 1. The van der Waals surface area contributed by atoms with Crippen molar-refractivity contribution in [2.24, 2.45) is 11.8 Å². The Morgan fingerprint density at radius 3 is 2.41 bits per heavy atom. The molecule has 2 saturated carbocycles. The molecule has 0 aromatic heterocycles. The summed E-state index contributed by atoms with van der Waals surface area (Å²) >= 11 is 0. The van der Waals surface area contributed by atoms with E-state index >= 15 is 0 Å². The van der Waals surface area contributed by atoms with Gasteiger partial charge >= 0.3 is 0 Å². The summed E-state index contributed by atoms with van der Waals surface area (Å²) in [5.74, 6) is 1.12. The number of hydrogen-bond acceptors (Lipinski definition) is 3. The summed E-state index contributed by atoms with van der Waals surface area (Å²) < 4.78 is 28.8. The van der Waals surface area contributed by atoms with Crippen molar-refractivity contribution in [2.45, 2.75) is 57.4 Å². The molecule has 2 bridgehead atoms. The lowest BCUT2D eigenvalue weighted by Gasteiger charge is -2.23. The molecule has 5 nitrogen and oxygen atoms in total. The monoisotopic (exact) mass is 412 g/mol. The maximum Gasteiger partial charge on any atom is 0.262 e. The first kappa shape index (κ1) is 20.0. The van der Waals surface area contributed by atoms with Gasteiger partial charge in [0.2, 0.25) is 0 Å². The van der Waals surface area contributed by atoms with Crippen molar-refractivity contribution >= 4 is 21.6 Å². The largest absolute Gasteiger partial charge is 0.349 e. The molecule has 0 unspecified atom stereocenters. The highest BCUT2D eigenvalue weighted by atomic mass is 32.2. The van der Waals surface area contributed by atoms with E-state index < -0.39 is 10.0 Å². The molecule has 3 atom stereocenters.